The maximum absolute atomic E-state index is 12.1. The Hall–Kier alpha value is -0.750. The molecule has 1 atom stereocenters. The van der Waals surface area contributed by atoms with Gasteiger partial charge in [0.2, 0.25) is 0 Å². The van der Waals surface area contributed by atoms with E-state index in [1.807, 2.05) is 0 Å². The van der Waals surface area contributed by atoms with Gasteiger partial charge in [-0.05, 0) is 41.1 Å². The van der Waals surface area contributed by atoms with Gasteiger partial charge in [-0.15, -0.1) is 0 Å². The van der Waals surface area contributed by atoms with Crippen LogP contribution in [0.15, 0.2) is 22.7 Å². The summed E-state index contributed by atoms with van der Waals surface area (Å²) in [6.45, 7) is 1.30. The topological polar surface area (TPSA) is 29.1 Å². The summed E-state index contributed by atoms with van der Waals surface area (Å²) in [5.41, 5.74) is 0.250. The number of benzene rings is 1. The molecule has 0 radical (unpaired) electrons. The van der Waals surface area contributed by atoms with Gasteiger partial charge in [0, 0.05) is 16.1 Å². The lowest BCUT2D eigenvalue weighted by Crippen LogP contribution is -2.35. The summed E-state index contributed by atoms with van der Waals surface area (Å²) in [6.07, 6.45) is -5.36. The fourth-order valence-corrected chi connectivity index (χ4v) is 1.84. The molecule has 18 heavy (non-hydrogen) atoms. The van der Waals surface area contributed by atoms with Crippen LogP contribution in [0.3, 0.4) is 0 Å². The van der Waals surface area contributed by atoms with Gasteiger partial charge in [0.05, 0.1) is 11.4 Å². The van der Waals surface area contributed by atoms with Gasteiger partial charge < -0.3 is 5.32 Å². The molecule has 0 bridgehead atoms. The molecule has 0 aliphatic heterocycles. The third-order valence-electron chi connectivity index (χ3n) is 2.10. The molecule has 0 heterocycles. The molecular weight excluding hydrogens is 334 g/mol. The summed E-state index contributed by atoms with van der Waals surface area (Å²) in [5, 5.41) is 2.70. The molecule has 0 aromatic heterocycles. The van der Waals surface area contributed by atoms with Crippen LogP contribution in [0.5, 0.6) is 0 Å². The van der Waals surface area contributed by atoms with E-state index >= 15 is 0 Å². The Morgan fingerprint density at radius 3 is 2.61 bits per heavy atom. The van der Waals surface area contributed by atoms with E-state index in [0.29, 0.717) is 9.50 Å². The molecule has 1 amide bonds. The van der Waals surface area contributed by atoms with Gasteiger partial charge in [0.15, 0.2) is 0 Å². The number of hydrogen-bond acceptors (Lipinski definition) is 1. The lowest BCUT2D eigenvalue weighted by molar-refractivity contribution is -0.138. The second kappa shape index (κ2) is 5.93. The minimum Gasteiger partial charge on any atom is -0.349 e. The molecule has 7 heteroatoms. The number of amides is 1. The lowest BCUT2D eigenvalue weighted by Gasteiger charge is -2.15. The van der Waals surface area contributed by atoms with E-state index in [9.17, 15) is 18.0 Å². The summed E-state index contributed by atoms with van der Waals surface area (Å²) in [4.78, 5) is 11.7. The zero-order valence-corrected chi connectivity index (χ0v) is 11.7. The number of hydrogen-bond donors (Lipinski definition) is 1. The van der Waals surface area contributed by atoms with Gasteiger partial charge in [-0.25, -0.2) is 0 Å². The van der Waals surface area contributed by atoms with Crippen LogP contribution < -0.4 is 5.32 Å². The molecule has 0 aliphatic rings. The average molecular weight is 345 g/mol. The van der Waals surface area contributed by atoms with Crippen molar-refractivity contribution in [3.05, 3.63) is 33.3 Å². The van der Waals surface area contributed by atoms with E-state index < -0.39 is 24.5 Å². The van der Waals surface area contributed by atoms with Crippen molar-refractivity contribution < 1.29 is 18.0 Å². The Morgan fingerprint density at radius 1 is 1.50 bits per heavy atom. The number of nitrogens with one attached hydrogen (secondary N) is 1. The summed E-state index contributed by atoms with van der Waals surface area (Å²) in [7, 11) is 0. The normalized spacial score (nSPS) is 13.2. The predicted octanol–water partition coefficient (Wildman–Crippen LogP) is 4.17. The Morgan fingerprint density at radius 2 is 2.11 bits per heavy atom. The molecule has 100 valence electrons. The summed E-state index contributed by atoms with van der Waals surface area (Å²) < 4.78 is 36.8. The maximum atomic E-state index is 12.1. The molecule has 0 fully saturated rings. The van der Waals surface area contributed by atoms with Crippen LogP contribution in [-0.4, -0.2) is 18.1 Å². The van der Waals surface area contributed by atoms with E-state index in [2.05, 4.69) is 21.2 Å². The molecule has 1 rings (SSSR count). The van der Waals surface area contributed by atoms with E-state index in [0.717, 1.165) is 0 Å². The summed E-state index contributed by atoms with van der Waals surface area (Å²) in [6, 6.07) is 3.42. The first-order valence-corrected chi connectivity index (χ1v) is 6.19. The third-order valence-corrected chi connectivity index (χ3v) is 3.31. The van der Waals surface area contributed by atoms with E-state index in [1.165, 1.54) is 25.1 Å². The second-order valence-corrected chi connectivity index (χ2v) is 5.08. The van der Waals surface area contributed by atoms with E-state index in [4.69, 9.17) is 11.6 Å². The number of halogens is 5. The molecule has 1 unspecified atom stereocenters. The van der Waals surface area contributed by atoms with Crippen LogP contribution in [0.25, 0.3) is 0 Å². The Bertz CT molecular complexity index is 450. The van der Waals surface area contributed by atoms with E-state index in [1.54, 1.807) is 0 Å². The first-order valence-electron chi connectivity index (χ1n) is 5.01. The first-order chi connectivity index (χ1) is 8.19. The van der Waals surface area contributed by atoms with Crippen LogP contribution >= 0.6 is 27.5 Å². The van der Waals surface area contributed by atoms with Gasteiger partial charge in [-0.3, -0.25) is 4.79 Å². The van der Waals surface area contributed by atoms with Crippen molar-refractivity contribution in [3.63, 3.8) is 0 Å². The van der Waals surface area contributed by atoms with E-state index in [-0.39, 0.29) is 5.56 Å². The van der Waals surface area contributed by atoms with Crippen molar-refractivity contribution in [2.45, 2.75) is 25.6 Å². The highest BCUT2D eigenvalue weighted by atomic mass is 79.9. The smallest absolute Gasteiger partial charge is 0.349 e. The summed E-state index contributed by atoms with van der Waals surface area (Å²) in [5.74, 6) is -0.566. The van der Waals surface area contributed by atoms with Crippen LogP contribution in [0, 0.1) is 0 Å². The fourth-order valence-electron chi connectivity index (χ4n) is 1.34. The predicted molar refractivity (Wildman–Crippen MR) is 66.8 cm³/mol. The lowest BCUT2D eigenvalue weighted by atomic mass is 10.2. The number of alkyl halides is 3. The largest absolute Gasteiger partial charge is 0.391 e. The standard InChI is InChI=1S/C11H10BrClF3NO/c1-6(5-11(14,15)16)17-10(18)7-2-3-9(13)8(12)4-7/h2-4,6H,5H2,1H3,(H,17,18). The highest BCUT2D eigenvalue weighted by molar-refractivity contribution is 9.10. The minimum atomic E-state index is -4.30. The highest BCUT2D eigenvalue weighted by Crippen LogP contribution is 2.24. The quantitative estimate of drug-likeness (QED) is 0.876. The van der Waals surface area contributed by atoms with Crippen molar-refractivity contribution in [1.29, 1.82) is 0 Å². The van der Waals surface area contributed by atoms with Gasteiger partial charge in [-0.1, -0.05) is 11.6 Å². The number of carbonyl (C=O) groups excluding carboxylic acids is 1. The maximum Gasteiger partial charge on any atom is 0.391 e. The van der Waals surface area contributed by atoms with Crippen molar-refractivity contribution in [3.8, 4) is 0 Å². The Labute approximate surface area is 116 Å². The van der Waals surface area contributed by atoms with Crippen molar-refractivity contribution in [2.75, 3.05) is 0 Å². The van der Waals surface area contributed by atoms with Gasteiger partial charge in [0.25, 0.3) is 5.91 Å². The minimum absolute atomic E-state index is 0.250. The van der Waals surface area contributed by atoms with Crippen molar-refractivity contribution in [2.24, 2.45) is 0 Å². The molecule has 1 aromatic carbocycles. The Balaban J connectivity index is 2.68. The number of carbonyl (C=O) groups is 1. The zero-order valence-electron chi connectivity index (χ0n) is 9.31. The monoisotopic (exact) mass is 343 g/mol. The second-order valence-electron chi connectivity index (χ2n) is 3.82. The molecular formula is C11H10BrClF3NO. The Kier molecular flexibility index (Phi) is 5.04. The molecule has 0 aliphatic carbocycles. The molecule has 0 saturated carbocycles. The SMILES string of the molecule is CC(CC(F)(F)F)NC(=O)c1ccc(Cl)c(Br)c1. The molecule has 1 aromatic rings. The molecule has 0 saturated heterocycles. The van der Waals surface area contributed by atoms with Gasteiger partial charge in [-0.2, -0.15) is 13.2 Å². The van der Waals surface area contributed by atoms with Crippen molar-refractivity contribution in [1.82, 2.24) is 5.32 Å². The van der Waals surface area contributed by atoms with Crippen LogP contribution in [-0.2, 0) is 0 Å². The molecule has 2 nitrogen and oxygen atoms in total. The van der Waals surface area contributed by atoms with Crippen molar-refractivity contribution >= 4 is 33.4 Å². The van der Waals surface area contributed by atoms with Crippen LogP contribution in [0.1, 0.15) is 23.7 Å². The zero-order chi connectivity index (χ0) is 13.9. The first kappa shape index (κ1) is 15.3. The van der Waals surface area contributed by atoms with Crippen LogP contribution in [0.4, 0.5) is 13.2 Å². The summed E-state index contributed by atoms with van der Waals surface area (Å²) >= 11 is 8.89. The third kappa shape index (κ3) is 4.86. The fraction of sp³-hybridized carbons (Fsp3) is 0.364. The number of rotatable bonds is 3. The highest BCUT2D eigenvalue weighted by Gasteiger charge is 2.30. The van der Waals surface area contributed by atoms with Gasteiger partial charge >= 0.3 is 6.18 Å². The molecule has 1 N–H and O–H groups in total. The van der Waals surface area contributed by atoms with Crippen LogP contribution in [0.2, 0.25) is 5.02 Å². The average Bonchev–Trinajstić information content (AvgIpc) is 2.18. The van der Waals surface area contributed by atoms with Gasteiger partial charge in [0.1, 0.15) is 0 Å². The molecule has 0 spiro atoms.